The Labute approximate surface area is 97.0 Å². The van der Waals surface area contributed by atoms with E-state index in [1.54, 1.807) is 6.08 Å². The van der Waals surface area contributed by atoms with Crippen molar-refractivity contribution in [3.05, 3.63) is 23.1 Å². The van der Waals surface area contributed by atoms with Crippen molar-refractivity contribution in [3.8, 4) is 0 Å². The van der Waals surface area contributed by atoms with Crippen LogP contribution in [0.2, 0.25) is 0 Å². The largest absolute Gasteiger partial charge is 0.390 e. The Morgan fingerprint density at radius 2 is 2.50 bits per heavy atom. The predicted molar refractivity (Wildman–Crippen MR) is 64.9 cm³/mol. The molecule has 0 aromatic heterocycles. The molecule has 4 heteroatoms. The maximum absolute atomic E-state index is 10.1. The molecule has 3 atom stereocenters. The Bertz CT molecular complexity index is 286. The number of aliphatic hydroxyl groups is 1. The van der Waals surface area contributed by atoms with Gasteiger partial charge >= 0.3 is 0 Å². The summed E-state index contributed by atoms with van der Waals surface area (Å²) in [5.41, 5.74) is 7.93. The first-order valence-corrected chi connectivity index (χ1v) is 6.03. The molecule has 16 heavy (non-hydrogen) atoms. The molecule has 0 bridgehead atoms. The standard InChI is InChI=1S/C12H21N3O/c1-3-5-10-9-12(10,16)8-7-11(6-4-2)14-15-13/h4,10-11,16H,2-3,5-9H2,1H3/t10?,11-,12?/m1/s1. The first-order valence-electron chi connectivity index (χ1n) is 6.03. The van der Waals surface area contributed by atoms with E-state index in [2.05, 4.69) is 23.5 Å². The maximum Gasteiger partial charge on any atom is 0.0680 e. The molecular formula is C12H21N3O. The molecule has 0 aromatic rings. The molecule has 1 N–H and O–H groups in total. The fourth-order valence-electron chi connectivity index (χ4n) is 2.30. The fraction of sp³-hybridized carbons (Fsp3) is 0.833. The van der Waals surface area contributed by atoms with Crippen LogP contribution in [-0.2, 0) is 0 Å². The minimum absolute atomic E-state index is 0.0469. The fourth-order valence-corrected chi connectivity index (χ4v) is 2.30. The quantitative estimate of drug-likeness (QED) is 0.290. The van der Waals surface area contributed by atoms with Crippen molar-refractivity contribution in [2.24, 2.45) is 11.0 Å². The third kappa shape index (κ3) is 3.54. The molecule has 1 rings (SSSR count). The lowest BCUT2D eigenvalue weighted by Gasteiger charge is -2.13. The highest BCUT2D eigenvalue weighted by Gasteiger charge is 2.51. The summed E-state index contributed by atoms with van der Waals surface area (Å²) in [4.78, 5) is 2.83. The minimum atomic E-state index is -0.472. The van der Waals surface area contributed by atoms with Crippen molar-refractivity contribution >= 4 is 0 Å². The van der Waals surface area contributed by atoms with Gasteiger partial charge in [0, 0.05) is 11.0 Å². The van der Waals surface area contributed by atoms with Gasteiger partial charge in [-0.2, -0.15) is 0 Å². The molecule has 1 aliphatic carbocycles. The first-order chi connectivity index (χ1) is 7.66. The summed E-state index contributed by atoms with van der Waals surface area (Å²) in [6, 6.07) is -0.0469. The topological polar surface area (TPSA) is 69.0 Å². The van der Waals surface area contributed by atoms with Crippen LogP contribution in [0, 0.1) is 5.92 Å². The summed E-state index contributed by atoms with van der Waals surface area (Å²) in [6.07, 6.45) is 7.10. The number of hydrogen-bond acceptors (Lipinski definition) is 2. The van der Waals surface area contributed by atoms with Crippen molar-refractivity contribution in [2.45, 2.75) is 57.1 Å². The van der Waals surface area contributed by atoms with Crippen LogP contribution in [0.1, 0.15) is 45.4 Å². The van der Waals surface area contributed by atoms with E-state index in [0.717, 1.165) is 32.1 Å². The van der Waals surface area contributed by atoms with Gasteiger partial charge in [-0.25, -0.2) is 0 Å². The second-order valence-electron chi connectivity index (χ2n) is 4.72. The molecule has 0 spiro atoms. The van der Waals surface area contributed by atoms with Gasteiger partial charge in [0.05, 0.1) is 5.60 Å². The van der Waals surface area contributed by atoms with Gasteiger partial charge in [-0.1, -0.05) is 24.5 Å². The summed E-state index contributed by atoms with van der Waals surface area (Å²) in [5.74, 6) is 0.466. The molecule has 0 heterocycles. The molecule has 1 fully saturated rings. The lowest BCUT2D eigenvalue weighted by molar-refractivity contribution is 0.114. The number of hydrogen-bond donors (Lipinski definition) is 1. The second-order valence-corrected chi connectivity index (χ2v) is 4.72. The highest BCUT2D eigenvalue weighted by atomic mass is 16.3. The van der Waals surface area contributed by atoms with E-state index in [9.17, 15) is 5.11 Å². The van der Waals surface area contributed by atoms with Crippen molar-refractivity contribution < 1.29 is 5.11 Å². The van der Waals surface area contributed by atoms with Gasteiger partial charge in [0.1, 0.15) is 0 Å². The van der Waals surface area contributed by atoms with Crippen molar-refractivity contribution in [2.75, 3.05) is 0 Å². The Morgan fingerprint density at radius 1 is 1.75 bits per heavy atom. The van der Waals surface area contributed by atoms with Crippen molar-refractivity contribution in [3.63, 3.8) is 0 Å². The number of rotatable bonds is 8. The summed E-state index contributed by atoms with van der Waals surface area (Å²) in [6.45, 7) is 5.78. The van der Waals surface area contributed by atoms with E-state index in [4.69, 9.17) is 5.53 Å². The van der Waals surface area contributed by atoms with Gasteiger partial charge in [0.25, 0.3) is 0 Å². The highest BCUT2D eigenvalue weighted by Crippen LogP contribution is 2.49. The Balaban J connectivity index is 2.32. The third-order valence-corrected chi connectivity index (χ3v) is 3.40. The SMILES string of the molecule is C=CC[C@H](CCC1(O)CC1CCC)N=[N+]=[N-]. The molecule has 0 amide bonds. The zero-order valence-electron chi connectivity index (χ0n) is 9.97. The third-order valence-electron chi connectivity index (χ3n) is 3.40. The average molecular weight is 223 g/mol. The Kier molecular flexibility index (Phi) is 4.84. The molecule has 1 saturated carbocycles. The van der Waals surface area contributed by atoms with Crippen molar-refractivity contribution in [1.82, 2.24) is 0 Å². The first kappa shape index (κ1) is 13.1. The van der Waals surface area contributed by atoms with Gasteiger partial charge in [-0.05, 0) is 43.6 Å². The normalized spacial score (nSPS) is 29.2. The summed E-state index contributed by atoms with van der Waals surface area (Å²) < 4.78 is 0. The van der Waals surface area contributed by atoms with Crippen LogP contribution in [0.25, 0.3) is 10.4 Å². The molecule has 2 unspecified atom stereocenters. The van der Waals surface area contributed by atoms with Crippen LogP contribution in [0.5, 0.6) is 0 Å². The van der Waals surface area contributed by atoms with Gasteiger partial charge < -0.3 is 5.11 Å². The molecule has 4 nitrogen and oxygen atoms in total. The monoisotopic (exact) mass is 223 g/mol. The average Bonchev–Trinajstić information content (AvgIpc) is 2.88. The van der Waals surface area contributed by atoms with E-state index in [0.29, 0.717) is 12.3 Å². The molecule has 0 saturated heterocycles. The zero-order valence-corrected chi connectivity index (χ0v) is 9.97. The van der Waals surface area contributed by atoms with Gasteiger partial charge in [-0.3, -0.25) is 0 Å². The van der Waals surface area contributed by atoms with E-state index >= 15 is 0 Å². The zero-order chi connectivity index (χ0) is 12.0. The maximum atomic E-state index is 10.1. The van der Waals surface area contributed by atoms with Crippen LogP contribution >= 0.6 is 0 Å². The van der Waals surface area contributed by atoms with Crippen LogP contribution in [0.4, 0.5) is 0 Å². The van der Waals surface area contributed by atoms with Crippen LogP contribution in [0.15, 0.2) is 17.8 Å². The van der Waals surface area contributed by atoms with Gasteiger partial charge in [0.2, 0.25) is 0 Å². The van der Waals surface area contributed by atoms with Gasteiger partial charge in [-0.15, -0.1) is 6.58 Å². The summed E-state index contributed by atoms with van der Waals surface area (Å²) >= 11 is 0. The molecular weight excluding hydrogens is 202 g/mol. The highest BCUT2D eigenvalue weighted by molar-refractivity contribution is 5.03. The molecule has 90 valence electrons. The van der Waals surface area contributed by atoms with Crippen LogP contribution in [0.3, 0.4) is 0 Å². The number of nitrogens with zero attached hydrogens (tertiary/aromatic N) is 3. The summed E-state index contributed by atoms with van der Waals surface area (Å²) in [5, 5.41) is 13.9. The molecule has 0 aliphatic heterocycles. The van der Waals surface area contributed by atoms with E-state index in [1.165, 1.54) is 0 Å². The molecule has 0 aromatic carbocycles. The molecule has 1 aliphatic rings. The lowest BCUT2D eigenvalue weighted by Crippen LogP contribution is -2.15. The van der Waals surface area contributed by atoms with E-state index < -0.39 is 5.60 Å². The van der Waals surface area contributed by atoms with Gasteiger partial charge in [0.15, 0.2) is 0 Å². The van der Waals surface area contributed by atoms with Crippen LogP contribution in [-0.4, -0.2) is 16.7 Å². The van der Waals surface area contributed by atoms with Crippen molar-refractivity contribution in [1.29, 1.82) is 0 Å². The minimum Gasteiger partial charge on any atom is -0.390 e. The van der Waals surface area contributed by atoms with E-state index in [1.807, 2.05) is 0 Å². The van der Waals surface area contributed by atoms with E-state index in [-0.39, 0.29) is 6.04 Å². The Morgan fingerprint density at radius 3 is 3.06 bits per heavy atom. The lowest BCUT2D eigenvalue weighted by atomic mass is 10.0. The molecule has 0 radical (unpaired) electrons. The second kappa shape index (κ2) is 5.92. The number of azide groups is 1. The van der Waals surface area contributed by atoms with Crippen LogP contribution < -0.4 is 0 Å². The predicted octanol–water partition coefficient (Wildman–Crippen LogP) is 3.57. The smallest absolute Gasteiger partial charge is 0.0680 e. The summed E-state index contributed by atoms with van der Waals surface area (Å²) in [7, 11) is 0. The Hall–Kier alpha value is -0.990.